The van der Waals surface area contributed by atoms with Gasteiger partial charge in [-0.2, -0.15) is 15.4 Å². The number of hydrogen-bond donors (Lipinski definition) is 2. The summed E-state index contributed by atoms with van der Waals surface area (Å²) in [6.07, 6.45) is 2.30. The molecule has 3 aromatic rings. The Balaban J connectivity index is 1.38. The van der Waals surface area contributed by atoms with E-state index in [1.165, 1.54) is 6.42 Å². The third-order valence-corrected chi connectivity index (χ3v) is 7.55. The minimum absolute atomic E-state index is 0.171. The summed E-state index contributed by atoms with van der Waals surface area (Å²) in [6, 6.07) is 17.3. The molecule has 1 aromatic heterocycles. The Morgan fingerprint density at radius 1 is 1.06 bits per heavy atom. The third kappa shape index (κ3) is 3.40. The van der Waals surface area contributed by atoms with Crippen molar-refractivity contribution in [1.82, 2.24) is 20.7 Å². The van der Waals surface area contributed by atoms with Gasteiger partial charge in [-0.05, 0) is 60.3 Å². The number of benzene rings is 2. The highest BCUT2D eigenvalue weighted by atomic mass is 16.5. The van der Waals surface area contributed by atoms with Crippen molar-refractivity contribution in [2.24, 2.45) is 23.2 Å². The number of nitrogens with one attached hydrogen (secondary N) is 2. The molecular weight excluding hydrogens is 388 g/mol. The van der Waals surface area contributed by atoms with Gasteiger partial charge < -0.3 is 10.1 Å². The second-order valence-corrected chi connectivity index (χ2v) is 9.47. The quantitative estimate of drug-likeness (QED) is 0.609. The van der Waals surface area contributed by atoms with Crippen molar-refractivity contribution in [2.45, 2.75) is 39.7 Å². The van der Waals surface area contributed by atoms with E-state index in [2.05, 4.69) is 41.5 Å². The van der Waals surface area contributed by atoms with Crippen LogP contribution in [0.1, 0.15) is 44.1 Å². The van der Waals surface area contributed by atoms with E-state index in [9.17, 15) is 4.79 Å². The summed E-state index contributed by atoms with van der Waals surface area (Å²) in [7, 11) is 0. The summed E-state index contributed by atoms with van der Waals surface area (Å²) >= 11 is 0. The van der Waals surface area contributed by atoms with E-state index in [-0.39, 0.29) is 11.9 Å². The van der Waals surface area contributed by atoms with Crippen molar-refractivity contribution in [3.63, 3.8) is 0 Å². The Kier molecular flexibility index (Phi) is 4.80. The number of rotatable bonds is 5. The van der Waals surface area contributed by atoms with Gasteiger partial charge in [0.25, 0.3) is 5.91 Å². The van der Waals surface area contributed by atoms with Gasteiger partial charge in [-0.15, -0.1) is 0 Å². The van der Waals surface area contributed by atoms with Crippen LogP contribution in [0.15, 0.2) is 54.6 Å². The molecule has 0 spiro atoms. The van der Waals surface area contributed by atoms with E-state index in [1.54, 1.807) is 0 Å². The summed E-state index contributed by atoms with van der Waals surface area (Å²) in [5.41, 5.74) is 1.91. The van der Waals surface area contributed by atoms with Crippen molar-refractivity contribution < 1.29 is 9.53 Å². The number of aromatic amines is 1. The average molecular weight is 417 g/mol. The van der Waals surface area contributed by atoms with Gasteiger partial charge in [0.05, 0.1) is 0 Å². The molecule has 2 bridgehead atoms. The fourth-order valence-corrected chi connectivity index (χ4v) is 5.52. The zero-order valence-corrected chi connectivity index (χ0v) is 18.1. The average Bonchev–Trinajstić information content (AvgIpc) is 3.26. The molecule has 2 N–H and O–H groups in total. The lowest BCUT2D eigenvalue weighted by molar-refractivity contribution is -0.113. The van der Waals surface area contributed by atoms with Crippen LogP contribution in [0.4, 0.5) is 0 Å². The van der Waals surface area contributed by atoms with E-state index < -0.39 is 0 Å². The molecule has 1 heterocycles. The number of aromatic nitrogens is 3. The van der Waals surface area contributed by atoms with Crippen LogP contribution in [0, 0.1) is 23.2 Å². The predicted molar refractivity (Wildman–Crippen MR) is 119 cm³/mol. The van der Waals surface area contributed by atoms with Crippen molar-refractivity contribution in [3.05, 3.63) is 60.3 Å². The minimum Gasteiger partial charge on any atom is -0.457 e. The molecule has 1 amide bonds. The van der Waals surface area contributed by atoms with Crippen LogP contribution in [-0.2, 0) is 0 Å². The lowest BCUT2D eigenvalue weighted by atomic mass is 9.45. The highest BCUT2D eigenvalue weighted by Crippen LogP contribution is 2.61. The van der Waals surface area contributed by atoms with Crippen molar-refractivity contribution in [2.75, 3.05) is 0 Å². The van der Waals surface area contributed by atoms with Crippen LogP contribution in [0.3, 0.4) is 0 Å². The highest BCUT2D eigenvalue weighted by Gasteiger charge is 2.56. The Morgan fingerprint density at radius 3 is 2.55 bits per heavy atom. The van der Waals surface area contributed by atoms with Gasteiger partial charge in [-0.3, -0.25) is 4.79 Å². The summed E-state index contributed by atoms with van der Waals surface area (Å²) in [5.74, 6) is 2.96. The number of para-hydroxylation sites is 2. The highest BCUT2D eigenvalue weighted by molar-refractivity contribution is 5.98. The van der Waals surface area contributed by atoms with Crippen LogP contribution >= 0.6 is 0 Å². The maximum atomic E-state index is 13.2. The van der Waals surface area contributed by atoms with Crippen LogP contribution < -0.4 is 10.1 Å². The number of H-pyrrole nitrogens is 1. The number of carbonyl (C=O) groups excluding carboxylic acids is 1. The third-order valence-electron chi connectivity index (χ3n) is 7.55. The first-order valence-electron chi connectivity index (χ1n) is 11.0. The van der Waals surface area contributed by atoms with Crippen LogP contribution in [0.25, 0.3) is 11.3 Å². The molecule has 0 saturated heterocycles. The second kappa shape index (κ2) is 7.52. The smallest absolute Gasteiger partial charge is 0.274 e. The number of amides is 1. The Morgan fingerprint density at radius 2 is 1.81 bits per heavy atom. The van der Waals surface area contributed by atoms with Crippen molar-refractivity contribution >= 4 is 5.91 Å². The summed E-state index contributed by atoms with van der Waals surface area (Å²) < 4.78 is 6.06. The molecule has 4 atom stereocenters. The second-order valence-electron chi connectivity index (χ2n) is 9.47. The number of nitrogens with zero attached hydrogens (tertiary/aromatic N) is 2. The monoisotopic (exact) mass is 416 g/mol. The molecule has 31 heavy (non-hydrogen) atoms. The normalized spacial score (nSPS) is 26.0. The molecule has 0 radical (unpaired) electrons. The first kappa shape index (κ1) is 19.8. The minimum atomic E-state index is -0.186. The van der Waals surface area contributed by atoms with Crippen LogP contribution in [-0.4, -0.2) is 27.4 Å². The maximum Gasteiger partial charge on any atom is 0.274 e. The number of carbonyl (C=O) groups is 1. The first-order valence-corrected chi connectivity index (χ1v) is 11.0. The largest absolute Gasteiger partial charge is 0.457 e. The summed E-state index contributed by atoms with van der Waals surface area (Å²) in [4.78, 5) is 13.2. The van der Waals surface area contributed by atoms with E-state index in [1.807, 2.05) is 54.6 Å². The molecule has 0 aliphatic heterocycles. The molecule has 6 rings (SSSR count). The fraction of sp³-hybridized carbons (Fsp3) is 0.400. The van der Waals surface area contributed by atoms with Crippen LogP contribution in [0.2, 0.25) is 0 Å². The van der Waals surface area contributed by atoms with E-state index in [0.29, 0.717) is 40.3 Å². The molecular formula is C25H28N4O2. The van der Waals surface area contributed by atoms with Gasteiger partial charge in [0.15, 0.2) is 5.69 Å². The zero-order chi connectivity index (χ0) is 21.6. The topological polar surface area (TPSA) is 79.9 Å². The molecule has 6 nitrogen and oxygen atoms in total. The standard InChI is InChI=1S/C25H28N4O2/c1-15-19-13-16(25(19,2)3)14-20(15)26-24(30)23-22(27-29-28-23)18-11-7-8-12-21(18)31-17-9-5-4-6-10-17/h4-12,15-16,19-20H,13-14H2,1-3H3,(H,26,30)(H,27,28,29)/t15-,16-,19+,20+/m0/s1. The SMILES string of the molecule is C[C@H]1[C@H]2C[C@@H](C[C@H]1NC(=O)c1n[nH]nc1-c1ccccc1Oc1ccccc1)C2(C)C. The lowest BCUT2D eigenvalue weighted by Crippen LogP contribution is -2.60. The Hall–Kier alpha value is -3.15. The molecule has 3 fully saturated rings. The molecule has 3 aliphatic carbocycles. The summed E-state index contributed by atoms with van der Waals surface area (Å²) in [5, 5.41) is 14.4. The maximum absolute atomic E-state index is 13.2. The van der Waals surface area contributed by atoms with Gasteiger partial charge >= 0.3 is 0 Å². The molecule has 6 heteroatoms. The number of ether oxygens (including phenoxy) is 1. The van der Waals surface area contributed by atoms with Gasteiger partial charge in [-0.25, -0.2) is 0 Å². The Labute approximate surface area is 182 Å². The first-order chi connectivity index (χ1) is 14.9. The van der Waals surface area contributed by atoms with Gasteiger partial charge in [0.2, 0.25) is 0 Å². The van der Waals surface area contributed by atoms with Crippen molar-refractivity contribution in [1.29, 1.82) is 0 Å². The molecule has 160 valence electrons. The fourth-order valence-electron chi connectivity index (χ4n) is 5.52. The number of hydrogen-bond acceptors (Lipinski definition) is 4. The molecule has 3 aliphatic rings. The van der Waals surface area contributed by atoms with E-state index in [4.69, 9.17) is 4.74 Å². The molecule has 2 aromatic carbocycles. The van der Waals surface area contributed by atoms with Gasteiger partial charge in [-0.1, -0.05) is 51.1 Å². The van der Waals surface area contributed by atoms with Crippen LogP contribution in [0.5, 0.6) is 11.5 Å². The molecule has 3 saturated carbocycles. The van der Waals surface area contributed by atoms with Gasteiger partial charge in [0.1, 0.15) is 17.2 Å². The lowest BCUT2D eigenvalue weighted by Gasteiger charge is -2.62. The zero-order valence-electron chi connectivity index (χ0n) is 18.1. The predicted octanol–water partition coefficient (Wildman–Crippen LogP) is 5.06. The van der Waals surface area contributed by atoms with E-state index >= 15 is 0 Å². The van der Waals surface area contributed by atoms with Crippen molar-refractivity contribution in [3.8, 4) is 22.8 Å². The number of fused-ring (bicyclic) bond motifs is 2. The van der Waals surface area contributed by atoms with E-state index in [0.717, 1.165) is 17.7 Å². The summed E-state index contributed by atoms with van der Waals surface area (Å²) in [6.45, 7) is 6.99. The van der Waals surface area contributed by atoms with Gasteiger partial charge in [0, 0.05) is 11.6 Å². The molecule has 0 unspecified atom stereocenters. The Bertz CT molecular complexity index is 1090.